The summed E-state index contributed by atoms with van der Waals surface area (Å²) in [6, 6.07) is 10.5. The SMILES string of the molecule is CCOC(=O)c1ccc(N2C(=O)C(O)=C(C(C)=O)[C@@H]2c2ccc(F)cc2)cc1. The van der Waals surface area contributed by atoms with E-state index in [9.17, 15) is 23.9 Å². The van der Waals surface area contributed by atoms with Crippen molar-refractivity contribution in [2.75, 3.05) is 11.5 Å². The Bertz CT molecular complexity index is 963. The summed E-state index contributed by atoms with van der Waals surface area (Å²) in [6.45, 7) is 3.18. The highest BCUT2D eigenvalue weighted by atomic mass is 19.1. The Labute approximate surface area is 160 Å². The number of aliphatic hydroxyl groups excluding tert-OH is 1. The van der Waals surface area contributed by atoms with E-state index in [4.69, 9.17) is 4.74 Å². The highest BCUT2D eigenvalue weighted by Gasteiger charge is 2.43. The van der Waals surface area contributed by atoms with Crippen LogP contribution in [0.3, 0.4) is 0 Å². The molecular formula is C21H18FNO5. The van der Waals surface area contributed by atoms with Gasteiger partial charge in [0.05, 0.1) is 23.8 Å². The number of ketones is 1. The molecule has 0 unspecified atom stereocenters. The van der Waals surface area contributed by atoms with Crippen LogP contribution in [-0.2, 0) is 14.3 Å². The molecule has 1 aliphatic rings. The maximum absolute atomic E-state index is 13.3. The van der Waals surface area contributed by atoms with Crippen molar-refractivity contribution in [3.63, 3.8) is 0 Å². The van der Waals surface area contributed by atoms with Gasteiger partial charge in [-0.15, -0.1) is 0 Å². The molecule has 0 saturated carbocycles. The topological polar surface area (TPSA) is 83.9 Å². The van der Waals surface area contributed by atoms with Crippen LogP contribution < -0.4 is 4.90 Å². The van der Waals surface area contributed by atoms with E-state index in [2.05, 4.69) is 0 Å². The molecular weight excluding hydrogens is 365 g/mol. The molecule has 1 N–H and O–H groups in total. The number of aliphatic hydroxyl groups is 1. The van der Waals surface area contributed by atoms with Gasteiger partial charge in [-0.2, -0.15) is 0 Å². The van der Waals surface area contributed by atoms with E-state index in [0.717, 1.165) is 0 Å². The Kier molecular flexibility index (Phi) is 5.26. The van der Waals surface area contributed by atoms with Crippen molar-refractivity contribution in [2.24, 2.45) is 0 Å². The summed E-state index contributed by atoms with van der Waals surface area (Å²) >= 11 is 0. The van der Waals surface area contributed by atoms with Crippen molar-refractivity contribution in [3.05, 3.63) is 76.8 Å². The average molecular weight is 383 g/mol. The van der Waals surface area contributed by atoms with Gasteiger partial charge >= 0.3 is 5.97 Å². The van der Waals surface area contributed by atoms with Crippen LogP contribution in [0.15, 0.2) is 59.9 Å². The van der Waals surface area contributed by atoms with Gasteiger partial charge in [-0.3, -0.25) is 14.5 Å². The van der Waals surface area contributed by atoms with Gasteiger partial charge in [0.15, 0.2) is 11.5 Å². The molecule has 6 nitrogen and oxygen atoms in total. The monoisotopic (exact) mass is 383 g/mol. The predicted molar refractivity (Wildman–Crippen MR) is 99.4 cm³/mol. The van der Waals surface area contributed by atoms with E-state index in [1.54, 1.807) is 6.92 Å². The number of amides is 1. The number of hydrogen-bond acceptors (Lipinski definition) is 5. The lowest BCUT2D eigenvalue weighted by molar-refractivity contribution is -0.117. The minimum absolute atomic E-state index is 0.0638. The number of esters is 1. The third-order valence-corrected chi connectivity index (χ3v) is 4.43. The number of anilines is 1. The second-order valence-corrected chi connectivity index (χ2v) is 6.22. The Balaban J connectivity index is 2.05. The predicted octanol–water partition coefficient (Wildman–Crippen LogP) is 3.49. The van der Waals surface area contributed by atoms with Crippen molar-refractivity contribution in [3.8, 4) is 0 Å². The average Bonchev–Trinajstić information content (AvgIpc) is 2.94. The summed E-state index contributed by atoms with van der Waals surface area (Å²) in [4.78, 5) is 37.9. The molecule has 0 bridgehead atoms. The van der Waals surface area contributed by atoms with E-state index >= 15 is 0 Å². The standard InChI is InChI=1S/C21H18FNO5/c1-3-28-21(27)14-6-10-16(11-7-14)23-18(13-4-8-15(22)9-5-13)17(12(2)24)19(25)20(23)26/h4-11,18,25H,3H2,1-2H3/t18-/m0/s1. The summed E-state index contributed by atoms with van der Waals surface area (Å²) in [5.41, 5.74) is 1.08. The number of nitrogens with zero attached hydrogens (tertiary/aromatic N) is 1. The van der Waals surface area contributed by atoms with E-state index < -0.39 is 35.3 Å². The summed E-state index contributed by atoms with van der Waals surface area (Å²) in [6.07, 6.45) is 0. The molecule has 7 heteroatoms. The fourth-order valence-electron chi connectivity index (χ4n) is 3.16. The first kappa shape index (κ1) is 19.3. The van der Waals surface area contributed by atoms with Crippen LogP contribution in [0.4, 0.5) is 10.1 Å². The van der Waals surface area contributed by atoms with Crippen LogP contribution in [0.2, 0.25) is 0 Å². The Morgan fingerprint density at radius 2 is 1.71 bits per heavy atom. The van der Waals surface area contributed by atoms with Crippen LogP contribution in [0.5, 0.6) is 0 Å². The molecule has 1 atom stereocenters. The lowest BCUT2D eigenvalue weighted by atomic mass is 9.96. The van der Waals surface area contributed by atoms with Crippen molar-refractivity contribution in [1.29, 1.82) is 0 Å². The summed E-state index contributed by atoms with van der Waals surface area (Å²) in [5.74, 6) is -2.82. The number of ether oxygens (including phenoxy) is 1. The number of rotatable bonds is 5. The van der Waals surface area contributed by atoms with E-state index in [-0.39, 0.29) is 12.2 Å². The van der Waals surface area contributed by atoms with Gasteiger partial charge in [0.25, 0.3) is 5.91 Å². The van der Waals surface area contributed by atoms with Gasteiger partial charge in [-0.1, -0.05) is 12.1 Å². The quantitative estimate of drug-likeness (QED) is 0.799. The molecule has 28 heavy (non-hydrogen) atoms. The maximum atomic E-state index is 13.3. The van der Waals surface area contributed by atoms with Gasteiger partial charge in [0.1, 0.15) is 5.82 Å². The normalized spacial score (nSPS) is 16.5. The third kappa shape index (κ3) is 3.38. The highest BCUT2D eigenvalue weighted by Crippen LogP contribution is 2.40. The minimum Gasteiger partial charge on any atom is -0.503 e. The van der Waals surface area contributed by atoms with E-state index in [1.165, 1.54) is 60.4 Å². The lowest BCUT2D eigenvalue weighted by Crippen LogP contribution is -2.30. The smallest absolute Gasteiger partial charge is 0.338 e. The van der Waals surface area contributed by atoms with Crippen LogP contribution in [0, 0.1) is 5.82 Å². The van der Waals surface area contributed by atoms with Crippen LogP contribution in [0.25, 0.3) is 0 Å². The zero-order chi connectivity index (χ0) is 20.4. The van der Waals surface area contributed by atoms with Gasteiger partial charge < -0.3 is 9.84 Å². The molecule has 0 spiro atoms. The Morgan fingerprint density at radius 3 is 2.25 bits per heavy atom. The number of hydrogen-bond donors (Lipinski definition) is 1. The van der Waals surface area contributed by atoms with Crippen LogP contribution in [0.1, 0.15) is 35.8 Å². The zero-order valence-electron chi connectivity index (χ0n) is 15.3. The highest BCUT2D eigenvalue weighted by molar-refractivity contribution is 6.16. The Morgan fingerprint density at radius 1 is 1.11 bits per heavy atom. The molecule has 2 aromatic rings. The molecule has 0 saturated heterocycles. The van der Waals surface area contributed by atoms with E-state index in [1.807, 2.05) is 0 Å². The summed E-state index contributed by atoms with van der Waals surface area (Å²) in [7, 11) is 0. The first-order chi connectivity index (χ1) is 13.3. The lowest BCUT2D eigenvalue weighted by Gasteiger charge is -2.26. The molecule has 0 aromatic heterocycles. The minimum atomic E-state index is -0.904. The van der Waals surface area contributed by atoms with Crippen LogP contribution >= 0.6 is 0 Å². The molecule has 3 rings (SSSR count). The van der Waals surface area contributed by atoms with Crippen molar-refractivity contribution >= 4 is 23.3 Å². The fraction of sp³-hybridized carbons (Fsp3) is 0.190. The van der Waals surface area contributed by atoms with Gasteiger partial charge in [-0.05, 0) is 55.8 Å². The van der Waals surface area contributed by atoms with Gasteiger partial charge in [-0.25, -0.2) is 9.18 Å². The number of Topliss-reactive ketones (excluding diaryl/α,β-unsaturated/α-hetero) is 1. The van der Waals surface area contributed by atoms with Crippen molar-refractivity contribution in [2.45, 2.75) is 19.9 Å². The molecule has 2 aromatic carbocycles. The van der Waals surface area contributed by atoms with Crippen molar-refractivity contribution in [1.82, 2.24) is 0 Å². The summed E-state index contributed by atoms with van der Waals surface area (Å²) in [5, 5.41) is 10.3. The molecule has 1 aliphatic heterocycles. The van der Waals surface area contributed by atoms with Gasteiger partial charge in [0.2, 0.25) is 0 Å². The molecule has 0 fully saturated rings. The maximum Gasteiger partial charge on any atom is 0.338 e. The number of carbonyl (C=O) groups is 3. The third-order valence-electron chi connectivity index (χ3n) is 4.43. The summed E-state index contributed by atoms with van der Waals surface area (Å²) < 4.78 is 18.3. The fourth-order valence-corrected chi connectivity index (χ4v) is 3.16. The number of halogens is 1. The molecule has 0 aliphatic carbocycles. The first-order valence-corrected chi connectivity index (χ1v) is 8.65. The van der Waals surface area contributed by atoms with E-state index in [0.29, 0.717) is 16.8 Å². The molecule has 0 radical (unpaired) electrons. The largest absolute Gasteiger partial charge is 0.503 e. The number of benzene rings is 2. The van der Waals surface area contributed by atoms with Crippen LogP contribution in [-0.4, -0.2) is 29.4 Å². The molecule has 1 amide bonds. The first-order valence-electron chi connectivity index (χ1n) is 8.65. The Hall–Kier alpha value is -3.48. The zero-order valence-corrected chi connectivity index (χ0v) is 15.3. The second-order valence-electron chi connectivity index (χ2n) is 6.22. The van der Waals surface area contributed by atoms with Gasteiger partial charge in [0, 0.05) is 5.69 Å². The second kappa shape index (κ2) is 7.64. The van der Waals surface area contributed by atoms with Crippen molar-refractivity contribution < 1.29 is 28.6 Å². The molecule has 144 valence electrons. The molecule has 1 heterocycles. The number of carbonyl (C=O) groups excluding carboxylic acids is 3.